The molecule has 0 N–H and O–H groups in total. The Kier molecular flexibility index (Phi) is 3.55. The molecule has 15 heavy (non-hydrogen) atoms. The van der Waals surface area contributed by atoms with Gasteiger partial charge in [-0.3, -0.25) is 9.69 Å². The van der Waals surface area contributed by atoms with Gasteiger partial charge in [0.05, 0.1) is 0 Å². The first-order chi connectivity index (χ1) is 6.86. The molecular formula is C12H22N2O. The van der Waals surface area contributed by atoms with Crippen LogP contribution in [0.3, 0.4) is 0 Å². The zero-order valence-electron chi connectivity index (χ0n) is 10.3. The predicted molar refractivity (Wildman–Crippen MR) is 62.7 cm³/mol. The quantitative estimate of drug-likeness (QED) is 0.612. The summed E-state index contributed by atoms with van der Waals surface area (Å²) >= 11 is 0. The predicted octanol–water partition coefficient (Wildman–Crippen LogP) is 1.50. The molecule has 0 aromatic heterocycles. The number of nitrogens with zero attached hydrogens (tertiary/aromatic N) is 2. The van der Waals surface area contributed by atoms with E-state index in [0.29, 0.717) is 6.04 Å². The number of amides is 1. The molecule has 0 bridgehead atoms. The van der Waals surface area contributed by atoms with Crippen LogP contribution in [0.25, 0.3) is 0 Å². The van der Waals surface area contributed by atoms with E-state index in [0.717, 1.165) is 19.6 Å². The molecule has 0 aromatic rings. The van der Waals surface area contributed by atoms with E-state index < -0.39 is 0 Å². The van der Waals surface area contributed by atoms with Crippen LogP contribution in [0.1, 0.15) is 27.7 Å². The smallest absolute Gasteiger partial charge is 0.246 e. The van der Waals surface area contributed by atoms with Crippen molar-refractivity contribution in [2.75, 3.05) is 19.6 Å². The Morgan fingerprint density at radius 2 is 2.00 bits per heavy atom. The molecule has 0 spiro atoms. The Morgan fingerprint density at radius 1 is 1.40 bits per heavy atom. The molecule has 1 unspecified atom stereocenters. The topological polar surface area (TPSA) is 23.6 Å². The molecule has 0 aliphatic carbocycles. The van der Waals surface area contributed by atoms with Crippen molar-refractivity contribution in [2.45, 2.75) is 39.3 Å². The summed E-state index contributed by atoms with van der Waals surface area (Å²) in [6.07, 6.45) is 1.40. The van der Waals surface area contributed by atoms with Crippen LogP contribution < -0.4 is 0 Å². The lowest BCUT2D eigenvalue weighted by molar-refractivity contribution is -0.130. The van der Waals surface area contributed by atoms with Crippen molar-refractivity contribution in [3.8, 4) is 0 Å². The molecule has 0 radical (unpaired) electrons. The number of carbonyl (C=O) groups excluding carboxylic acids is 1. The third kappa shape index (κ3) is 2.81. The maximum atomic E-state index is 11.5. The zero-order valence-corrected chi connectivity index (χ0v) is 10.3. The number of piperazine rings is 1. The molecule has 86 valence electrons. The fourth-order valence-corrected chi connectivity index (χ4v) is 2.28. The van der Waals surface area contributed by atoms with Gasteiger partial charge in [0.15, 0.2) is 0 Å². The minimum Gasteiger partial charge on any atom is -0.336 e. The normalized spacial score (nSPS) is 24.0. The van der Waals surface area contributed by atoms with Crippen LogP contribution in [-0.2, 0) is 4.79 Å². The van der Waals surface area contributed by atoms with Crippen molar-refractivity contribution in [1.82, 2.24) is 9.80 Å². The molecule has 1 fully saturated rings. The van der Waals surface area contributed by atoms with Crippen LogP contribution in [-0.4, -0.2) is 46.9 Å². The number of hydrogen-bond donors (Lipinski definition) is 0. The summed E-state index contributed by atoms with van der Waals surface area (Å²) < 4.78 is 0. The van der Waals surface area contributed by atoms with Gasteiger partial charge in [-0.15, -0.1) is 0 Å². The van der Waals surface area contributed by atoms with Crippen LogP contribution >= 0.6 is 0 Å². The number of hydrogen-bond acceptors (Lipinski definition) is 2. The standard InChI is InChI=1S/C12H22N2O/c1-6-11(15)13-7-8-14(10(2)9-13)12(3,4)5/h6,10H,1,7-9H2,2-5H3. The van der Waals surface area contributed by atoms with Crippen molar-refractivity contribution in [2.24, 2.45) is 0 Å². The maximum absolute atomic E-state index is 11.5. The van der Waals surface area contributed by atoms with E-state index in [4.69, 9.17) is 0 Å². The van der Waals surface area contributed by atoms with Gasteiger partial charge >= 0.3 is 0 Å². The monoisotopic (exact) mass is 210 g/mol. The molecule has 1 aliphatic rings. The highest BCUT2D eigenvalue weighted by Gasteiger charge is 2.32. The Balaban J connectivity index is 2.63. The summed E-state index contributed by atoms with van der Waals surface area (Å²) in [7, 11) is 0. The van der Waals surface area contributed by atoms with Crippen molar-refractivity contribution in [3.63, 3.8) is 0 Å². The summed E-state index contributed by atoms with van der Waals surface area (Å²) in [5.41, 5.74) is 0.183. The van der Waals surface area contributed by atoms with E-state index >= 15 is 0 Å². The van der Waals surface area contributed by atoms with Gasteiger partial charge in [0.2, 0.25) is 5.91 Å². The van der Waals surface area contributed by atoms with Gasteiger partial charge in [0.1, 0.15) is 0 Å². The lowest BCUT2D eigenvalue weighted by Crippen LogP contribution is -2.59. The summed E-state index contributed by atoms with van der Waals surface area (Å²) in [6.45, 7) is 14.9. The first kappa shape index (κ1) is 12.2. The minimum atomic E-state index is 0.0513. The number of carbonyl (C=O) groups is 1. The SMILES string of the molecule is C=CC(=O)N1CCN(C(C)(C)C)C(C)C1. The van der Waals surface area contributed by atoms with Crippen LogP contribution in [0.4, 0.5) is 0 Å². The molecular weight excluding hydrogens is 188 g/mol. The molecule has 1 heterocycles. The molecule has 1 atom stereocenters. The molecule has 3 nitrogen and oxygen atoms in total. The lowest BCUT2D eigenvalue weighted by atomic mass is 10.0. The fourth-order valence-electron chi connectivity index (χ4n) is 2.28. The van der Waals surface area contributed by atoms with Gasteiger partial charge in [-0.25, -0.2) is 0 Å². The van der Waals surface area contributed by atoms with E-state index in [1.54, 1.807) is 0 Å². The van der Waals surface area contributed by atoms with Gasteiger partial charge in [-0.05, 0) is 33.8 Å². The summed E-state index contributed by atoms with van der Waals surface area (Å²) in [6, 6.07) is 0.419. The van der Waals surface area contributed by atoms with Gasteiger partial charge in [-0.2, -0.15) is 0 Å². The van der Waals surface area contributed by atoms with E-state index in [-0.39, 0.29) is 11.4 Å². The third-order valence-corrected chi connectivity index (χ3v) is 2.98. The van der Waals surface area contributed by atoms with Crippen molar-refractivity contribution >= 4 is 5.91 Å². The van der Waals surface area contributed by atoms with E-state index in [1.807, 2.05) is 4.90 Å². The lowest BCUT2D eigenvalue weighted by Gasteiger charge is -2.46. The second kappa shape index (κ2) is 4.35. The Morgan fingerprint density at radius 3 is 2.40 bits per heavy atom. The zero-order chi connectivity index (χ0) is 11.6. The molecule has 0 aromatic carbocycles. The van der Waals surface area contributed by atoms with Gasteiger partial charge in [-0.1, -0.05) is 6.58 Å². The number of rotatable bonds is 1. The Hall–Kier alpha value is -0.830. The second-order valence-corrected chi connectivity index (χ2v) is 5.20. The van der Waals surface area contributed by atoms with E-state index in [9.17, 15) is 4.79 Å². The van der Waals surface area contributed by atoms with Crippen LogP contribution in [0.15, 0.2) is 12.7 Å². The van der Waals surface area contributed by atoms with Gasteiger partial charge in [0.25, 0.3) is 0 Å². The minimum absolute atomic E-state index is 0.0513. The van der Waals surface area contributed by atoms with E-state index in [1.165, 1.54) is 6.08 Å². The summed E-state index contributed by atoms with van der Waals surface area (Å²) in [5, 5.41) is 0. The fraction of sp³-hybridized carbons (Fsp3) is 0.750. The third-order valence-electron chi connectivity index (χ3n) is 2.98. The average Bonchev–Trinajstić information content (AvgIpc) is 2.14. The summed E-state index contributed by atoms with van der Waals surface area (Å²) in [5.74, 6) is 0.0513. The first-order valence-corrected chi connectivity index (χ1v) is 5.54. The van der Waals surface area contributed by atoms with Gasteiger partial charge in [0, 0.05) is 31.2 Å². The molecule has 3 heteroatoms. The largest absolute Gasteiger partial charge is 0.336 e. The molecule has 0 saturated carbocycles. The Labute approximate surface area is 92.7 Å². The van der Waals surface area contributed by atoms with Crippen LogP contribution in [0.2, 0.25) is 0 Å². The van der Waals surface area contributed by atoms with Gasteiger partial charge < -0.3 is 4.90 Å². The molecule has 1 aliphatic heterocycles. The van der Waals surface area contributed by atoms with E-state index in [2.05, 4.69) is 39.2 Å². The van der Waals surface area contributed by atoms with Crippen molar-refractivity contribution in [1.29, 1.82) is 0 Å². The highest BCUT2D eigenvalue weighted by atomic mass is 16.2. The van der Waals surface area contributed by atoms with Crippen molar-refractivity contribution in [3.05, 3.63) is 12.7 Å². The second-order valence-electron chi connectivity index (χ2n) is 5.20. The molecule has 1 amide bonds. The maximum Gasteiger partial charge on any atom is 0.246 e. The highest BCUT2D eigenvalue weighted by molar-refractivity contribution is 5.87. The molecule has 1 rings (SSSR count). The highest BCUT2D eigenvalue weighted by Crippen LogP contribution is 2.20. The first-order valence-electron chi connectivity index (χ1n) is 5.54. The summed E-state index contributed by atoms with van der Waals surface area (Å²) in [4.78, 5) is 15.8. The average molecular weight is 210 g/mol. The van der Waals surface area contributed by atoms with Crippen LogP contribution in [0.5, 0.6) is 0 Å². The Bertz CT molecular complexity index is 255. The molecule has 1 saturated heterocycles. The van der Waals surface area contributed by atoms with Crippen LogP contribution in [0, 0.1) is 0 Å². The van der Waals surface area contributed by atoms with Crippen molar-refractivity contribution < 1.29 is 4.79 Å².